The van der Waals surface area contributed by atoms with Crippen LogP contribution in [0.5, 0.6) is 0 Å². The highest BCUT2D eigenvalue weighted by molar-refractivity contribution is 7.99. The van der Waals surface area contributed by atoms with Gasteiger partial charge in [0, 0.05) is 15.7 Å². The SMILES string of the molecule is C=CC[C@H]1C(Sc2ccccc2)O[C@H](CN=[N+]=[N-])[C@@H](OCc2ccccc2)[C@@H]1OCc1ccccc1. The predicted octanol–water partition coefficient (Wildman–Crippen LogP) is 7.18. The summed E-state index contributed by atoms with van der Waals surface area (Å²) < 4.78 is 19.7. The fourth-order valence-corrected chi connectivity index (χ4v) is 5.59. The maximum atomic E-state index is 9.06. The smallest absolute Gasteiger partial charge is 0.113 e. The van der Waals surface area contributed by atoms with Gasteiger partial charge in [0.1, 0.15) is 11.5 Å². The van der Waals surface area contributed by atoms with E-state index in [4.69, 9.17) is 19.7 Å². The third-order valence-electron chi connectivity index (χ3n) is 6.10. The van der Waals surface area contributed by atoms with Gasteiger partial charge in [-0.25, -0.2) is 0 Å². The fraction of sp³-hybridized carbons (Fsp3) is 0.310. The lowest BCUT2D eigenvalue weighted by Gasteiger charge is -2.46. The molecule has 0 radical (unpaired) electrons. The molecule has 3 aromatic carbocycles. The van der Waals surface area contributed by atoms with Crippen molar-refractivity contribution in [1.82, 2.24) is 0 Å². The second-order valence-corrected chi connectivity index (χ2v) is 9.77. The van der Waals surface area contributed by atoms with Crippen LogP contribution in [0.1, 0.15) is 17.5 Å². The number of ether oxygens (including phenoxy) is 3. The van der Waals surface area contributed by atoms with E-state index in [0.29, 0.717) is 19.6 Å². The van der Waals surface area contributed by atoms with Gasteiger partial charge in [0.05, 0.1) is 32.0 Å². The first kappa shape index (κ1) is 26.0. The Labute approximate surface area is 216 Å². The molecule has 0 aliphatic carbocycles. The molecule has 0 spiro atoms. The van der Waals surface area contributed by atoms with Crippen molar-refractivity contribution < 1.29 is 14.2 Å². The van der Waals surface area contributed by atoms with Gasteiger partial charge in [-0.2, -0.15) is 0 Å². The standard InChI is InChI=1S/C29H31N3O3S/c1-2-12-25-27(33-20-22-13-6-3-7-14-22)28(34-21-23-15-8-4-9-16-23)26(19-31-32-30)35-29(25)36-24-17-10-5-11-18-24/h2-11,13-18,25-29H,1,12,19-21H2/t25-,26-,27-,28-,29?/m1/s1. The van der Waals surface area contributed by atoms with Crippen molar-refractivity contribution in [3.8, 4) is 0 Å². The number of hydrogen-bond donors (Lipinski definition) is 0. The van der Waals surface area contributed by atoms with Crippen molar-refractivity contribution in [2.45, 2.75) is 48.3 Å². The molecule has 0 aromatic heterocycles. The minimum atomic E-state index is -0.451. The minimum absolute atomic E-state index is 0.0143. The molecule has 1 heterocycles. The quantitative estimate of drug-likeness (QED) is 0.114. The lowest BCUT2D eigenvalue weighted by Crippen LogP contribution is -2.56. The first-order valence-electron chi connectivity index (χ1n) is 12.1. The molecule has 1 fully saturated rings. The largest absolute Gasteiger partial charge is 0.370 e. The summed E-state index contributed by atoms with van der Waals surface area (Å²) in [6, 6.07) is 30.3. The van der Waals surface area contributed by atoms with Gasteiger partial charge in [-0.3, -0.25) is 0 Å². The summed E-state index contributed by atoms with van der Waals surface area (Å²) in [4.78, 5) is 4.09. The van der Waals surface area contributed by atoms with E-state index < -0.39 is 12.2 Å². The van der Waals surface area contributed by atoms with Gasteiger partial charge in [-0.05, 0) is 35.2 Å². The molecule has 1 unspecified atom stereocenters. The Morgan fingerprint density at radius 3 is 1.97 bits per heavy atom. The summed E-state index contributed by atoms with van der Waals surface area (Å²) in [5, 5.41) is 3.86. The van der Waals surface area contributed by atoms with E-state index >= 15 is 0 Å². The molecule has 0 N–H and O–H groups in total. The molecule has 1 aliphatic rings. The van der Waals surface area contributed by atoms with Crippen LogP contribution >= 0.6 is 11.8 Å². The summed E-state index contributed by atoms with van der Waals surface area (Å²) in [7, 11) is 0. The van der Waals surface area contributed by atoms with Gasteiger partial charge in [0.15, 0.2) is 0 Å². The lowest BCUT2D eigenvalue weighted by atomic mass is 9.89. The zero-order chi connectivity index (χ0) is 25.0. The zero-order valence-electron chi connectivity index (χ0n) is 20.1. The van der Waals surface area contributed by atoms with Gasteiger partial charge >= 0.3 is 0 Å². The molecule has 5 atom stereocenters. The second kappa shape index (κ2) is 13.9. The second-order valence-electron chi connectivity index (χ2n) is 8.60. The maximum Gasteiger partial charge on any atom is 0.113 e. The van der Waals surface area contributed by atoms with E-state index in [2.05, 4.69) is 40.9 Å². The summed E-state index contributed by atoms with van der Waals surface area (Å²) >= 11 is 1.65. The van der Waals surface area contributed by atoms with Crippen molar-refractivity contribution in [3.05, 3.63) is 125 Å². The summed E-state index contributed by atoms with van der Waals surface area (Å²) in [5.41, 5.74) is 11.0. The lowest BCUT2D eigenvalue weighted by molar-refractivity contribution is -0.212. The molecule has 1 saturated heterocycles. The highest BCUT2D eigenvalue weighted by Crippen LogP contribution is 2.41. The average molecular weight is 502 g/mol. The molecule has 0 amide bonds. The van der Waals surface area contributed by atoms with E-state index in [1.807, 2.05) is 72.8 Å². The number of hydrogen-bond acceptors (Lipinski definition) is 5. The van der Waals surface area contributed by atoms with Gasteiger partial charge < -0.3 is 14.2 Å². The molecule has 1 aliphatic heterocycles. The summed E-state index contributed by atoms with van der Waals surface area (Å²) in [5.74, 6) is -0.0143. The first-order valence-corrected chi connectivity index (χ1v) is 13.0. The van der Waals surface area contributed by atoms with Crippen LogP contribution in [0.15, 0.2) is 114 Å². The fourth-order valence-electron chi connectivity index (χ4n) is 4.36. The van der Waals surface area contributed by atoms with Gasteiger partial charge in [-0.15, -0.1) is 6.58 Å². The van der Waals surface area contributed by atoms with E-state index in [9.17, 15) is 0 Å². The Kier molecular flexibility index (Phi) is 10.0. The Bertz CT molecular complexity index is 1110. The molecular formula is C29H31N3O3S. The van der Waals surface area contributed by atoms with Crippen molar-refractivity contribution in [3.63, 3.8) is 0 Å². The number of benzene rings is 3. The number of nitrogens with zero attached hydrogens (tertiary/aromatic N) is 3. The first-order chi connectivity index (χ1) is 17.8. The van der Waals surface area contributed by atoms with Crippen LogP contribution in [0.2, 0.25) is 0 Å². The molecule has 4 rings (SSSR count). The molecule has 7 heteroatoms. The van der Waals surface area contributed by atoms with Crippen LogP contribution in [0.3, 0.4) is 0 Å². The van der Waals surface area contributed by atoms with E-state index in [0.717, 1.165) is 16.0 Å². The third kappa shape index (κ3) is 7.23. The van der Waals surface area contributed by atoms with Crippen LogP contribution in [-0.4, -0.2) is 30.3 Å². The number of azide groups is 1. The maximum absolute atomic E-state index is 9.06. The van der Waals surface area contributed by atoms with Crippen LogP contribution in [-0.2, 0) is 27.4 Å². The van der Waals surface area contributed by atoms with E-state index in [1.54, 1.807) is 11.8 Å². The van der Waals surface area contributed by atoms with Gasteiger partial charge in [-0.1, -0.05) is 102 Å². The van der Waals surface area contributed by atoms with Crippen molar-refractivity contribution in [1.29, 1.82) is 0 Å². The third-order valence-corrected chi connectivity index (χ3v) is 7.34. The molecule has 186 valence electrons. The van der Waals surface area contributed by atoms with Gasteiger partial charge in [0.25, 0.3) is 0 Å². The average Bonchev–Trinajstić information content (AvgIpc) is 2.93. The molecule has 36 heavy (non-hydrogen) atoms. The van der Waals surface area contributed by atoms with Crippen LogP contribution in [0.25, 0.3) is 10.4 Å². The Morgan fingerprint density at radius 1 is 0.861 bits per heavy atom. The summed E-state index contributed by atoms with van der Waals surface area (Å²) in [6.07, 6.45) is 1.45. The molecule has 0 saturated carbocycles. The zero-order valence-corrected chi connectivity index (χ0v) is 21.0. The number of thioether (sulfide) groups is 1. The predicted molar refractivity (Wildman–Crippen MR) is 143 cm³/mol. The minimum Gasteiger partial charge on any atom is -0.370 e. The van der Waals surface area contributed by atoms with E-state index in [-0.39, 0.29) is 24.0 Å². The summed E-state index contributed by atoms with van der Waals surface area (Å²) in [6.45, 7) is 5.02. The number of allylic oxidation sites excluding steroid dienone is 1. The van der Waals surface area contributed by atoms with Crippen LogP contribution in [0.4, 0.5) is 0 Å². The van der Waals surface area contributed by atoms with Crippen molar-refractivity contribution in [2.75, 3.05) is 6.54 Å². The topological polar surface area (TPSA) is 76.5 Å². The van der Waals surface area contributed by atoms with Crippen LogP contribution < -0.4 is 0 Å². The number of rotatable bonds is 12. The van der Waals surface area contributed by atoms with Crippen molar-refractivity contribution in [2.24, 2.45) is 11.0 Å². The molecule has 0 bridgehead atoms. The highest BCUT2D eigenvalue weighted by Gasteiger charge is 2.47. The Morgan fingerprint density at radius 2 is 1.42 bits per heavy atom. The molecule has 6 nitrogen and oxygen atoms in total. The van der Waals surface area contributed by atoms with Crippen LogP contribution in [0, 0.1) is 5.92 Å². The normalized spacial score (nSPS) is 23.5. The highest BCUT2D eigenvalue weighted by atomic mass is 32.2. The molecular weight excluding hydrogens is 470 g/mol. The van der Waals surface area contributed by atoms with Crippen molar-refractivity contribution >= 4 is 11.8 Å². The molecule has 3 aromatic rings. The Hall–Kier alpha value is -3.06. The van der Waals surface area contributed by atoms with Gasteiger partial charge in [0.2, 0.25) is 0 Å². The Balaban J connectivity index is 1.63. The monoisotopic (exact) mass is 501 g/mol. The van der Waals surface area contributed by atoms with E-state index in [1.165, 1.54) is 0 Å².